The minimum atomic E-state index is -4.57. The molecule has 0 atom stereocenters. The van der Waals surface area contributed by atoms with Crippen molar-refractivity contribution in [1.29, 1.82) is 0 Å². The highest BCUT2D eigenvalue weighted by Crippen LogP contribution is 2.29. The number of fused-ring (bicyclic) bond motifs is 1. The van der Waals surface area contributed by atoms with Gasteiger partial charge in [0, 0.05) is 13.1 Å². The van der Waals surface area contributed by atoms with Crippen molar-refractivity contribution in [3.63, 3.8) is 0 Å². The number of halogens is 4. The molecule has 112 valence electrons. The van der Waals surface area contributed by atoms with E-state index in [0.29, 0.717) is 0 Å². The predicted molar refractivity (Wildman–Crippen MR) is 64.7 cm³/mol. The van der Waals surface area contributed by atoms with Gasteiger partial charge in [-0.05, 0) is 11.6 Å². The van der Waals surface area contributed by atoms with Gasteiger partial charge in [-0.3, -0.25) is 4.79 Å². The van der Waals surface area contributed by atoms with Crippen molar-refractivity contribution in [3.05, 3.63) is 21.1 Å². The van der Waals surface area contributed by atoms with E-state index < -0.39 is 17.9 Å². The molecule has 2 aromatic rings. The molecule has 0 saturated heterocycles. The number of aromatic nitrogens is 5. The number of hydrogen-bond donors (Lipinski definition) is 0. The first kappa shape index (κ1) is 14.2. The molecule has 21 heavy (non-hydrogen) atoms. The van der Waals surface area contributed by atoms with Gasteiger partial charge in [0.25, 0.3) is 5.91 Å². The third-order valence-corrected chi connectivity index (χ3v) is 3.88. The Morgan fingerprint density at radius 2 is 1.95 bits per heavy atom. The zero-order valence-corrected chi connectivity index (χ0v) is 11.7. The fourth-order valence-corrected chi connectivity index (χ4v) is 2.76. The van der Waals surface area contributed by atoms with Gasteiger partial charge in [0.15, 0.2) is 5.82 Å². The molecule has 1 amide bonds. The summed E-state index contributed by atoms with van der Waals surface area (Å²) in [5.41, 5.74) is 0. The molecule has 2 aromatic heterocycles. The minimum Gasteiger partial charge on any atom is -0.327 e. The number of rotatable bonds is 1. The maximum atomic E-state index is 12.7. The second kappa shape index (κ2) is 4.91. The van der Waals surface area contributed by atoms with Gasteiger partial charge in [-0.25, -0.2) is 0 Å². The number of carbonyl (C=O) groups is 1. The molecule has 0 unspecified atom stereocenters. The average Bonchev–Trinajstić information content (AvgIpc) is 3.02. The van der Waals surface area contributed by atoms with Crippen LogP contribution >= 0.6 is 22.9 Å². The van der Waals surface area contributed by atoms with E-state index in [9.17, 15) is 18.0 Å². The molecule has 0 fully saturated rings. The Bertz CT molecular complexity index is 698. The van der Waals surface area contributed by atoms with Crippen LogP contribution in [0.2, 0.25) is 4.47 Å². The third-order valence-electron chi connectivity index (χ3n) is 2.88. The lowest BCUT2D eigenvalue weighted by atomic mass is 10.3. The van der Waals surface area contributed by atoms with Crippen molar-refractivity contribution in [2.45, 2.75) is 19.3 Å². The van der Waals surface area contributed by atoms with E-state index in [4.69, 9.17) is 11.6 Å². The van der Waals surface area contributed by atoms with E-state index in [-0.39, 0.29) is 34.9 Å². The normalized spacial score (nSPS) is 15.1. The lowest BCUT2D eigenvalue weighted by Gasteiger charge is -2.27. The summed E-state index contributed by atoms with van der Waals surface area (Å²) in [6.45, 7) is -0.00127. The van der Waals surface area contributed by atoms with Crippen LogP contribution in [0.15, 0.2) is 0 Å². The second-order valence-corrected chi connectivity index (χ2v) is 5.74. The van der Waals surface area contributed by atoms with Crippen molar-refractivity contribution in [2.24, 2.45) is 0 Å². The van der Waals surface area contributed by atoms with Crippen LogP contribution in [0.5, 0.6) is 0 Å². The van der Waals surface area contributed by atoms with Crippen LogP contribution in [0.4, 0.5) is 13.2 Å². The topological polar surface area (TPSA) is 76.8 Å². The molecule has 7 nitrogen and oxygen atoms in total. The maximum absolute atomic E-state index is 12.7. The van der Waals surface area contributed by atoms with Crippen LogP contribution in [0.3, 0.4) is 0 Å². The van der Waals surface area contributed by atoms with E-state index >= 15 is 0 Å². The summed E-state index contributed by atoms with van der Waals surface area (Å²) >= 11 is 6.51. The number of alkyl halides is 3. The number of nitrogens with zero attached hydrogens (tertiary/aromatic N) is 6. The van der Waals surface area contributed by atoms with E-state index in [1.54, 1.807) is 0 Å². The first-order chi connectivity index (χ1) is 9.86. The van der Waals surface area contributed by atoms with Crippen LogP contribution in [-0.4, -0.2) is 42.3 Å². The molecule has 0 N–H and O–H groups in total. The fourth-order valence-electron chi connectivity index (χ4n) is 1.97. The number of amides is 1. The number of carbonyl (C=O) groups excluding carboxylic acids is 1. The number of hydrogen-bond acceptors (Lipinski definition) is 6. The van der Waals surface area contributed by atoms with Crippen molar-refractivity contribution in [3.8, 4) is 0 Å². The van der Waals surface area contributed by atoms with Crippen LogP contribution in [0.25, 0.3) is 0 Å². The Balaban J connectivity index is 1.82. The quantitative estimate of drug-likeness (QED) is 0.786. The minimum absolute atomic E-state index is 0.0323. The molecule has 3 rings (SSSR count). The van der Waals surface area contributed by atoms with Crippen LogP contribution < -0.4 is 0 Å². The molecule has 0 spiro atoms. The van der Waals surface area contributed by atoms with Crippen molar-refractivity contribution < 1.29 is 18.0 Å². The highest BCUT2D eigenvalue weighted by molar-refractivity contribution is 7.17. The molecule has 0 saturated carbocycles. The Kier molecular flexibility index (Phi) is 3.32. The van der Waals surface area contributed by atoms with Crippen molar-refractivity contribution >= 4 is 28.8 Å². The summed E-state index contributed by atoms with van der Waals surface area (Å²) in [5, 5.41) is 13.9. The van der Waals surface area contributed by atoms with Crippen molar-refractivity contribution in [2.75, 3.05) is 6.54 Å². The van der Waals surface area contributed by atoms with Gasteiger partial charge in [-0.15, -0.1) is 20.4 Å². The molecular weight excluding hydrogens is 333 g/mol. The summed E-state index contributed by atoms with van der Waals surface area (Å²) in [5.74, 6) is -1.41. The molecule has 12 heteroatoms. The predicted octanol–water partition coefficient (Wildman–Crippen LogP) is 1.46. The largest absolute Gasteiger partial charge is 0.451 e. The zero-order valence-electron chi connectivity index (χ0n) is 10.1. The SMILES string of the molecule is O=C(c1nnc(Cl)s1)N1CCn2c(nnc2C(F)(F)F)C1. The standard InChI is InChI=1S/C9H6ClF3N6OS/c10-8-17-15-5(21-8)6(20)18-1-2-19-4(3-18)14-16-7(19)9(11,12)13/h1-3H2. The van der Waals surface area contributed by atoms with Gasteiger partial charge >= 0.3 is 6.18 Å². The molecule has 0 aliphatic carbocycles. The van der Waals surface area contributed by atoms with Gasteiger partial charge in [0.1, 0.15) is 0 Å². The van der Waals surface area contributed by atoms with E-state index in [1.165, 1.54) is 4.90 Å². The second-order valence-electron chi connectivity index (χ2n) is 4.18. The van der Waals surface area contributed by atoms with Crippen LogP contribution in [0.1, 0.15) is 21.5 Å². The lowest BCUT2D eigenvalue weighted by molar-refractivity contribution is -0.147. The zero-order chi connectivity index (χ0) is 15.2. The van der Waals surface area contributed by atoms with Gasteiger partial charge in [0.05, 0.1) is 6.54 Å². The smallest absolute Gasteiger partial charge is 0.327 e. The molecule has 1 aliphatic heterocycles. The average molecular weight is 339 g/mol. The van der Waals surface area contributed by atoms with Crippen molar-refractivity contribution in [1.82, 2.24) is 29.9 Å². The molecule has 1 aliphatic rings. The first-order valence-corrected chi connectivity index (χ1v) is 6.83. The molecular formula is C9H6ClF3N6OS. The monoisotopic (exact) mass is 338 g/mol. The first-order valence-electron chi connectivity index (χ1n) is 5.64. The van der Waals surface area contributed by atoms with E-state index in [1.807, 2.05) is 0 Å². The maximum Gasteiger partial charge on any atom is 0.451 e. The summed E-state index contributed by atoms with van der Waals surface area (Å²) in [6.07, 6.45) is -4.57. The Hall–Kier alpha value is -1.75. The fraction of sp³-hybridized carbons (Fsp3) is 0.444. The van der Waals surface area contributed by atoms with Gasteiger partial charge in [0.2, 0.25) is 15.3 Å². The Morgan fingerprint density at radius 3 is 2.57 bits per heavy atom. The molecule has 0 radical (unpaired) electrons. The van der Waals surface area contributed by atoms with Crippen LogP contribution in [-0.2, 0) is 19.3 Å². The summed E-state index contributed by atoms with van der Waals surface area (Å²) in [7, 11) is 0. The van der Waals surface area contributed by atoms with E-state index in [0.717, 1.165) is 15.9 Å². The Morgan fingerprint density at radius 1 is 1.19 bits per heavy atom. The summed E-state index contributed by atoms with van der Waals surface area (Å²) in [4.78, 5) is 13.5. The summed E-state index contributed by atoms with van der Waals surface area (Å²) in [6, 6.07) is 0. The molecule has 3 heterocycles. The lowest BCUT2D eigenvalue weighted by Crippen LogP contribution is -2.39. The Labute approximate surface area is 124 Å². The van der Waals surface area contributed by atoms with Gasteiger partial charge in [-0.2, -0.15) is 13.2 Å². The molecule has 0 aromatic carbocycles. The highest BCUT2D eigenvalue weighted by Gasteiger charge is 2.40. The summed E-state index contributed by atoms with van der Waals surface area (Å²) < 4.78 is 39.2. The van der Waals surface area contributed by atoms with Crippen LogP contribution in [0, 0.1) is 0 Å². The molecule has 0 bridgehead atoms. The third kappa shape index (κ3) is 2.58. The van der Waals surface area contributed by atoms with E-state index in [2.05, 4.69) is 20.4 Å². The van der Waals surface area contributed by atoms with Gasteiger partial charge < -0.3 is 9.47 Å². The van der Waals surface area contributed by atoms with Gasteiger partial charge in [-0.1, -0.05) is 11.3 Å². The highest BCUT2D eigenvalue weighted by atomic mass is 35.5.